The highest BCUT2D eigenvalue weighted by atomic mass is 16.5. The lowest BCUT2D eigenvalue weighted by Crippen LogP contribution is -2.12. The highest BCUT2D eigenvalue weighted by Gasteiger charge is 2.11. The molecule has 0 unspecified atom stereocenters. The van der Waals surface area contributed by atoms with Crippen molar-refractivity contribution in [3.8, 4) is 0 Å². The molecule has 0 bridgehead atoms. The Morgan fingerprint density at radius 1 is 1.24 bits per heavy atom. The van der Waals surface area contributed by atoms with Crippen LogP contribution < -0.4 is 0 Å². The number of aliphatic carboxylic acids is 1. The molecule has 1 aromatic rings. The van der Waals surface area contributed by atoms with Crippen molar-refractivity contribution in [3.63, 3.8) is 0 Å². The molecule has 0 aromatic heterocycles. The van der Waals surface area contributed by atoms with E-state index in [9.17, 15) is 9.59 Å². The molecule has 0 saturated carbocycles. The number of benzene rings is 1. The smallest absolute Gasteiger partial charge is 0.334 e. The van der Waals surface area contributed by atoms with Gasteiger partial charge in [0.05, 0.1) is 13.0 Å². The number of rotatable bonds is 6. The first-order chi connectivity index (χ1) is 8.09. The summed E-state index contributed by atoms with van der Waals surface area (Å²) in [6.45, 7) is 3.59. The van der Waals surface area contributed by atoms with Crippen LogP contribution in [0.4, 0.5) is 0 Å². The van der Waals surface area contributed by atoms with Gasteiger partial charge in [-0.3, -0.25) is 4.79 Å². The summed E-state index contributed by atoms with van der Waals surface area (Å²) in [6.07, 6.45) is 0.219. The summed E-state index contributed by atoms with van der Waals surface area (Å²) in [5, 5.41) is 8.47. The van der Waals surface area contributed by atoms with Gasteiger partial charge >= 0.3 is 11.9 Å². The van der Waals surface area contributed by atoms with E-state index in [4.69, 9.17) is 9.84 Å². The maximum absolute atomic E-state index is 11.3. The maximum Gasteiger partial charge on any atom is 0.334 e. The number of carbonyl (C=O) groups is 2. The average molecular weight is 234 g/mol. The summed E-state index contributed by atoms with van der Waals surface area (Å²) in [7, 11) is 0. The Hall–Kier alpha value is -2.10. The molecule has 0 aliphatic heterocycles. The molecule has 0 spiro atoms. The van der Waals surface area contributed by atoms with Gasteiger partial charge in [-0.1, -0.05) is 36.9 Å². The van der Waals surface area contributed by atoms with Gasteiger partial charge in [-0.25, -0.2) is 4.79 Å². The van der Waals surface area contributed by atoms with Crippen molar-refractivity contribution in [3.05, 3.63) is 48.0 Å². The van der Waals surface area contributed by atoms with Crippen LogP contribution in [-0.4, -0.2) is 23.7 Å². The second-order valence-electron chi connectivity index (χ2n) is 3.55. The van der Waals surface area contributed by atoms with E-state index in [1.807, 2.05) is 30.3 Å². The molecule has 0 atom stereocenters. The molecule has 0 heterocycles. The molecular weight excluding hydrogens is 220 g/mol. The van der Waals surface area contributed by atoms with Crippen LogP contribution in [0.25, 0.3) is 0 Å². The summed E-state index contributed by atoms with van der Waals surface area (Å²) < 4.78 is 4.91. The van der Waals surface area contributed by atoms with E-state index in [1.54, 1.807) is 0 Å². The zero-order valence-corrected chi connectivity index (χ0v) is 9.39. The molecule has 90 valence electrons. The minimum absolute atomic E-state index is 0.0365. The van der Waals surface area contributed by atoms with Gasteiger partial charge in [0.1, 0.15) is 0 Å². The average Bonchev–Trinajstić information content (AvgIpc) is 2.29. The summed E-state index contributed by atoms with van der Waals surface area (Å²) in [5.41, 5.74) is 1.02. The van der Waals surface area contributed by atoms with Crippen LogP contribution in [0.3, 0.4) is 0 Å². The summed E-state index contributed by atoms with van der Waals surface area (Å²) in [5.74, 6) is -1.74. The molecule has 0 amide bonds. The maximum atomic E-state index is 11.3. The lowest BCUT2D eigenvalue weighted by atomic mass is 10.2. The van der Waals surface area contributed by atoms with Crippen LogP contribution in [0.5, 0.6) is 0 Å². The van der Waals surface area contributed by atoms with E-state index in [-0.39, 0.29) is 18.6 Å². The van der Waals surface area contributed by atoms with Crippen molar-refractivity contribution in [2.24, 2.45) is 0 Å². The van der Waals surface area contributed by atoms with E-state index in [0.29, 0.717) is 6.42 Å². The van der Waals surface area contributed by atoms with E-state index < -0.39 is 11.9 Å². The normalized spacial score (nSPS) is 9.65. The third-order valence-electron chi connectivity index (χ3n) is 2.12. The van der Waals surface area contributed by atoms with Gasteiger partial charge in [0, 0.05) is 12.0 Å². The van der Waals surface area contributed by atoms with Gasteiger partial charge in [-0.05, 0) is 5.56 Å². The van der Waals surface area contributed by atoms with Crippen molar-refractivity contribution in [1.82, 2.24) is 0 Å². The molecule has 0 aliphatic rings. The number of hydrogen-bond donors (Lipinski definition) is 1. The first-order valence-corrected chi connectivity index (χ1v) is 5.20. The lowest BCUT2D eigenvalue weighted by molar-refractivity contribution is -0.142. The summed E-state index contributed by atoms with van der Waals surface area (Å²) in [4.78, 5) is 21.6. The standard InChI is InChI=1S/C13H14O4/c1-10(9-12(14)15)13(16)17-8-7-11-5-3-2-4-6-11/h2-6H,1,7-9H2,(H,14,15). The fourth-order valence-corrected chi connectivity index (χ4v) is 1.26. The number of carbonyl (C=O) groups excluding carboxylic acids is 1. The fraction of sp³-hybridized carbons (Fsp3) is 0.231. The third-order valence-corrected chi connectivity index (χ3v) is 2.12. The first kappa shape index (κ1) is 13.0. The molecule has 0 fully saturated rings. The number of hydrogen-bond acceptors (Lipinski definition) is 3. The highest BCUT2D eigenvalue weighted by molar-refractivity contribution is 5.92. The molecule has 1 N–H and O–H groups in total. The Kier molecular flexibility index (Phi) is 4.94. The van der Waals surface area contributed by atoms with Crippen molar-refractivity contribution in [2.75, 3.05) is 6.61 Å². The third kappa shape index (κ3) is 4.97. The van der Waals surface area contributed by atoms with Crippen LogP contribution in [0.2, 0.25) is 0 Å². The van der Waals surface area contributed by atoms with Gasteiger partial charge in [0.25, 0.3) is 0 Å². The number of carboxylic acid groups (broad SMARTS) is 1. The van der Waals surface area contributed by atoms with Gasteiger partial charge in [-0.15, -0.1) is 0 Å². The topological polar surface area (TPSA) is 63.6 Å². The Morgan fingerprint density at radius 2 is 1.88 bits per heavy atom. The quantitative estimate of drug-likeness (QED) is 0.602. The number of esters is 1. The molecule has 0 radical (unpaired) electrons. The second kappa shape index (κ2) is 6.48. The SMILES string of the molecule is C=C(CC(=O)O)C(=O)OCCc1ccccc1. The molecule has 1 aromatic carbocycles. The summed E-state index contributed by atoms with van der Waals surface area (Å²) in [6, 6.07) is 9.57. The van der Waals surface area contributed by atoms with Crippen LogP contribution in [-0.2, 0) is 20.7 Å². The number of ether oxygens (including phenoxy) is 1. The Bertz CT molecular complexity index is 409. The van der Waals surface area contributed by atoms with E-state index >= 15 is 0 Å². The van der Waals surface area contributed by atoms with Crippen molar-refractivity contribution < 1.29 is 19.4 Å². The molecular formula is C13H14O4. The van der Waals surface area contributed by atoms with Gasteiger partial charge in [-0.2, -0.15) is 0 Å². The predicted octanol–water partition coefficient (Wildman–Crippen LogP) is 1.80. The molecule has 4 nitrogen and oxygen atoms in total. The van der Waals surface area contributed by atoms with Gasteiger partial charge in [0.2, 0.25) is 0 Å². The first-order valence-electron chi connectivity index (χ1n) is 5.20. The monoisotopic (exact) mass is 234 g/mol. The Labute approximate surface area is 99.5 Å². The van der Waals surface area contributed by atoms with Crippen molar-refractivity contribution in [1.29, 1.82) is 0 Å². The van der Waals surface area contributed by atoms with E-state index in [1.165, 1.54) is 0 Å². The van der Waals surface area contributed by atoms with Crippen LogP contribution in [0.15, 0.2) is 42.5 Å². The highest BCUT2D eigenvalue weighted by Crippen LogP contribution is 2.03. The minimum Gasteiger partial charge on any atom is -0.481 e. The van der Waals surface area contributed by atoms with Gasteiger partial charge < -0.3 is 9.84 Å². The zero-order valence-electron chi connectivity index (χ0n) is 9.39. The van der Waals surface area contributed by atoms with Gasteiger partial charge in [0.15, 0.2) is 0 Å². The van der Waals surface area contributed by atoms with Crippen LogP contribution >= 0.6 is 0 Å². The predicted molar refractivity (Wildman–Crippen MR) is 62.5 cm³/mol. The lowest BCUT2D eigenvalue weighted by Gasteiger charge is -2.05. The second-order valence-corrected chi connectivity index (χ2v) is 3.55. The summed E-state index contributed by atoms with van der Waals surface area (Å²) >= 11 is 0. The molecule has 0 aliphatic carbocycles. The Balaban J connectivity index is 2.29. The van der Waals surface area contributed by atoms with Crippen LogP contribution in [0, 0.1) is 0 Å². The van der Waals surface area contributed by atoms with Crippen molar-refractivity contribution >= 4 is 11.9 Å². The Morgan fingerprint density at radius 3 is 2.47 bits per heavy atom. The zero-order chi connectivity index (χ0) is 12.7. The van der Waals surface area contributed by atoms with E-state index in [0.717, 1.165) is 5.56 Å². The van der Waals surface area contributed by atoms with E-state index in [2.05, 4.69) is 6.58 Å². The van der Waals surface area contributed by atoms with Crippen molar-refractivity contribution in [2.45, 2.75) is 12.8 Å². The molecule has 17 heavy (non-hydrogen) atoms. The molecule has 1 rings (SSSR count). The molecule has 0 saturated heterocycles. The van der Waals surface area contributed by atoms with Crippen LogP contribution in [0.1, 0.15) is 12.0 Å². The minimum atomic E-state index is -1.09. The number of carboxylic acids is 1. The molecule has 4 heteroatoms. The largest absolute Gasteiger partial charge is 0.481 e. The fourth-order valence-electron chi connectivity index (χ4n) is 1.26.